The highest BCUT2D eigenvalue weighted by atomic mass is 16.1. The molecule has 1 heterocycles. The van der Waals surface area contributed by atoms with Crippen molar-refractivity contribution in [2.75, 3.05) is 26.7 Å². The van der Waals surface area contributed by atoms with E-state index in [1.807, 2.05) is 0 Å². The van der Waals surface area contributed by atoms with Gasteiger partial charge in [0.2, 0.25) is 5.91 Å². The number of carbonyl (C=O) groups excluding carboxylic acids is 1. The summed E-state index contributed by atoms with van der Waals surface area (Å²) in [6.45, 7) is 7.37. The zero-order chi connectivity index (χ0) is 12.7. The van der Waals surface area contributed by atoms with Crippen molar-refractivity contribution in [3.05, 3.63) is 0 Å². The van der Waals surface area contributed by atoms with Crippen LogP contribution in [0.3, 0.4) is 0 Å². The minimum Gasteiger partial charge on any atom is -0.353 e. The van der Waals surface area contributed by atoms with Crippen molar-refractivity contribution in [1.29, 1.82) is 0 Å². The summed E-state index contributed by atoms with van der Waals surface area (Å²) in [5.41, 5.74) is 0. The number of hydrogen-bond donors (Lipinski definition) is 2. The predicted molar refractivity (Wildman–Crippen MR) is 71.0 cm³/mol. The Bertz CT molecular complexity index is 223. The third-order valence-electron chi connectivity index (χ3n) is 3.22. The molecule has 1 fully saturated rings. The lowest BCUT2D eigenvalue weighted by molar-refractivity contribution is -0.122. The van der Waals surface area contributed by atoms with Gasteiger partial charge in [-0.05, 0) is 45.9 Å². The summed E-state index contributed by atoms with van der Waals surface area (Å²) in [6, 6.07) is 0.906. The summed E-state index contributed by atoms with van der Waals surface area (Å²) in [4.78, 5) is 14.0. The lowest BCUT2D eigenvalue weighted by Gasteiger charge is -2.29. The van der Waals surface area contributed by atoms with E-state index in [1.54, 1.807) is 0 Å². The molecule has 0 unspecified atom stereocenters. The van der Waals surface area contributed by atoms with Gasteiger partial charge in [-0.25, -0.2) is 0 Å². The summed E-state index contributed by atoms with van der Waals surface area (Å²) in [5, 5.41) is 6.46. The molecule has 1 aliphatic rings. The summed E-state index contributed by atoms with van der Waals surface area (Å²) < 4.78 is 0. The Balaban J connectivity index is 2.04. The van der Waals surface area contributed by atoms with E-state index in [2.05, 4.69) is 36.4 Å². The van der Waals surface area contributed by atoms with E-state index in [-0.39, 0.29) is 5.91 Å². The number of piperidine rings is 1. The molecule has 100 valence electrons. The molecule has 0 radical (unpaired) electrons. The zero-order valence-electron chi connectivity index (χ0n) is 11.5. The molecule has 0 bridgehead atoms. The van der Waals surface area contributed by atoms with Gasteiger partial charge < -0.3 is 15.5 Å². The summed E-state index contributed by atoms with van der Waals surface area (Å²) in [7, 11) is 2.13. The topological polar surface area (TPSA) is 44.4 Å². The number of likely N-dealkylation sites (tertiary alicyclic amines) is 1. The van der Waals surface area contributed by atoms with E-state index in [0.717, 1.165) is 38.9 Å². The molecule has 2 N–H and O–H groups in total. The van der Waals surface area contributed by atoms with Crippen molar-refractivity contribution in [2.45, 2.75) is 51.6 Å². The van der Waals surface area contributed by atoms with Gasteiger partial charge in [0.1, 0.15) is 0 Å². The highest BCUT2D eigenvalue weighted by molar-refractivity contribution is 5.76. The Morgan fingerprint density at radius 3 is 2.59 bits per heavy atom. The number of amides is 1. The molecule has 0 spiro atoms. The smallest absolute Gasteiger partial charge is 0.220 e. The molecule has 0 aromatic carbocycles. The molecule has 0 atom stereocenters. The van der Waals surface area contributed by atoms with Gasteiger partial charge in [-0.15, -0.1) is 0 Å². The van der Waals surface area contributed by atoms with Crippen molar-refractivity contribution >= 4 is 5.91 Å². The van der Waals surface area contributed by atoms with Crippen LogP contribution in [0.25, 0.3) is 0 Å². The lowest BCUT2D eigenvalue weighted by Crippen LogP contribution is -2.43. The molecule has 0 aromatic heterocycles. The zero-order valence-corrected chi connectivity index (χ0v) is 11.5. The van der Waals surface area contributed by atoms with Crippen LogP contribution >= 0.6 is 0 Å². The number of rotatable bonds is 6. The maximum absolute atomic E-state index is 11.7. The van der Waals surface area contributed by atoms with Crippen LogP contribution in [0.1, 0.15) is 39.5 Å². The molecule has 1 aliphatic heterocycles. The van der Waals surface area contributed by atoms with Crippen molar-refractivity contribution in [2.24, 2.45) is 0 Å². The van der Waals surface area contributed by atoms with Crippen LogP contribution in [0.4, 0.5) is 0 Å². The largest absolute Gasteiger partial charge is 0.353 e. The van der Waals surface area contributed by atoms with Gasteiger partial charge in [-0.3, -0.25) is 4.79 Å². The summed E-state index contributed by atoms with van der Waals surface area (Å²) >= 11 is 0. The monoisotopic (exact) mass is 241 g/mol. The average molecular weight is 241 g/mol. The molecule has 1 rings (SSSR count). The Morgan fingerprint density at radius 2 is 2.00 bits per heavy atom. The van der Waals surface area contributed by atoms with E-state index >= 15 is 0 Å². The predicted octanol–water partition coefficient (Wildman–Crippen LogP) is 0.975. The molecule has 17 heavy (non-hydrogen) atoms. The van der Waals surface area contributed by atoms with E-state index < -0.39 is 0 Å². The SMILES string of the molecule is CC(C)NCCCC(=O)NC1CCN(C)CC1. The fourth-order valence-electron chi connectivity index (χ4n) is 2.09. The Morgan fingerprint density at radius 1 is 1.35 bits per heavy atom. The minimum atomic E-state index is 0.213. The molecule has 4 nitrogen and oxygen atoms in total. The normalized spacial score (nSPS) is 18.6. The Labute approximate surface area is 105 Å². The first-order valence-corrected chi connectivity index (χ1v) is 6.79. The Kier molecular flexibility index (Phi) is 6.52. The second kappa shape index (κ2) is 7.67. The summed E-state index contributed by atoms with van der Waals surface area (Å²) in [6.07, 6.45) is 3.75. The van der Waals surface area contributed by atoms with Crippen LogP contribution in [-0.4, -0.2) is 49.6 Å². The highest BCUT2D eigenvalue weighted by Gasteiger charge is 2.17. The summed E-state index contributed by atoms with van der Waals surface area (Å²) in [5.74, 6) is 0.213. The second-order valence-corrected chi connectivity index (χ2v) is 5.36. The molecule has 4 heteroatoms. The van der Waals surface area contributed by atoms with Gasteiger partial charge in [0.05, 0.1) is 0 Å². The fourth-order valence-corrected chi connectivity index (χ4v) is 2.09. The third-order valence-corrected chi connectivity index (χ3v) is 3.22. The van der Waals surface area contributed by atoms with Crippen LogP contribution in [0, 0.1) is 0 Å². The Hall–Kier alpha value is -0.610. The number of nitrogens with one attached hydrogen (secondary N) is 2. The van der Waals surface area contributed by atoms with E-state index in [0.29, 0.717) is 18.5 Å². The van der Waals surface area contributed by atoms with Gasteiger partial charge >= 0.3 is 0 Å². The maximum atomic E-state index is 11.7. The maximum Gasteiger partial charge on any atom is 0.220 e. The standard InChI is InChI=1S/C13H27N3O/c1-11(2)14-8-4-5-13(17)15-12-6-9-16(3)10-7-12/h11-12,14H,4-10H2,1-3H3,(H,15,17). The van der Waals surface area contributed by atoms with Gasteiger partial charge in [-0.2, -0.15) is 0 Å². The van der Waals surface area contributed by atoms with Crippen molar-refractivity contribution in [3.63, 3.8) is 0 Å². The van der Waals surface area contributed by atoms with Crippen LogP contribution in [0.5, 0.6) is 0 Å². The van der Waals surface area contributed by atoms with Gasteiger partial charge in [-0.1, -0.05) is 13.8 Å². The highest BCUT2D eigenvalue weighted by Crippen LogP contribution is 2.08. The van der Waals surface area contributed by atoms with Crippen LogP contribution in [0.15, 0.2) is 0 Å². The molecule has 1 saturated heterocycles. The molecule has 0 saturated carbocycles. The molecule has 1 amide bonds. The minimum absolute atomic E-state index is 0.213. The van der Waals surface area contributed by atoms with Crippen LogP contribution in [0.2, 0.25) is 0 Å². The molecule has 0 aromatic rings. The van der Waals surface area contributed by atoms with Gasteiger partial charge in [0.25, 0.3) is 0 Å². The van der Waals surface area contributed by atoms with E-state index in [9.17, 15) is 4.79 Å². The van der Waals surface area contributed by atoms with E-state index in [1.165, 1.54) is 0 Å². The van der Waals surface area contributed by atoms with E-state index in [4.69, 9.17) is 0 Å². The first kappa shape index (κ1) is 14.5. The quantitative estimate of drug-likeness (QED) is 0.681. The lowest BCUT2D eigenvalue weighted by atomic mass is 10.1. The van der Waals surface area contributed by atoms with Gasteiger partial charge in [0, 0.05) is 18.5 Å². The number of carbonyl (C=O) groups is 1. The molecular weight excluding hydrogens is 214 g/mol. The van der Waals surface area contributed by atoms with Crippen molar-refractivity contribution in [3.8, 4) is 0 Å². The third kappa shape index (κ3) is 6.64. The van der Waals surface area contributed by atoms with Crippen molar-refractivity contribution in [1.82, 2.24) is 15.5 Å². The first-order chi connectivity index (χ1) is 8.08. The number of nitrogens with zero attached hydrogens (tertiary/aromatic N) is 1. The molecule has 0 aliphatic carbocycles. The van der Waals surface area contributed by atoms with Crippen LogP contribution in [-0.2, 0) is 4.79 Å². The first-order valence-electron chi connectivity index (χ1n) is 6.79. The van der Waals surface area contributed by atoms with Crippen molar-refractivity contribution < 1.29 is 4.79 Å². The fraction of sp³-hybridized carbons (Fsp3) is 0.923. The second-order valence-electron chi connectivity index (χ2n) is 5.36. The van der Waals surface area contributed by atoms with Crippen LogP contribution < -0.4 is 10.6 Å². The van der Waals surface area contributed by atoms with Gasteiger partial charge in [0.15, 0.2) is 0 Å². The molecular formula is C13H27N3O. The average Bonchev–Trinajstić information content (AvgIpc) is 2.27. The number of hydrogen-bond acceptors (Lipinski definition) is 3.